The van der Waals surface area contributed by atoms with Crippen LogP contribution in [0.1, 0.15) is 33.6 Å². The topological polar surface area (TPSA) is 87.7 Å². The molecule has 0 radical (unpaired) electrons. The second kappa shape index (κ2) is 12.2. The first-order chi connectivity index (χ1) is 16.2. The molecule has 1 aliphatic heterocycles. The average Bonchev–Trinajstić information content (AvgIpc) is 2.80. The van der Waals surface area contributed by atoms with E-state index in [9.17, 15) is 17.6 Å². The molecule has 3 atom stereocenters. The van der Waals surface area contributed by atoms with Crippen molar-refractivity contribution in [1.82, 2.24) is 14.9 Å². The van der Waals surface area contributed by atoms with Gasteiger partial charge >= 0.3 is 0 Å². The smallest absolute Gasteiger partial charge is 0.240 e. The molecule has 0 saturated carbocycles. The number of hydrogen-bond acceptors (Lipinski definition) is 5. The number of carbonyl (C=O) groups excluding carboxylic acids is 1. The van der Waals surface area contributed by atoms with Gasteiger partial charge in [0.2, 0.25) is 15.9 Å². The molecule has 1 saturated heterocycles. The highest BCUT2D eigenvalue weighted by atomic mass is 32.2. The number of rotatable bonds is 10. The summed E-state index contributed by atoms with van der Waals surface area (Å²) in [6.07, 6.45) is 3.43. The number of ether oxygens (including phenoxy) is 1. The van der Waals surface area contributed by atoms with E-state index in [1.807, 2.05) is 6.92 Å². The Balaban J connectivity index is 1.55. The molecule has 0 bridgehead atoms. The Morgan fingerprint density at radius 1 is 1.21 bits per heavy atom. The minimum atomic E-state index is -3.72. The summed E-state index contributed by atoms with van der Waals surface area (Å²) in [7, 11) is -3.72. The molecule has 1 amide bonds. The van der Waals surface area contributed by atoms with Crippen LogP contribution in [0.5, 0.6) is 0 Å². The molecule has 190 valence electrons. The van der Waals surface area contributed by atoms with Crippen molar-refractivity contribution in [2.45, 2.75) is 38.5 Å². The normalized spacial score (nSPS) is 24.1. The Labute approximate surface area is 203 Å². The summed E-state index contributed by atoms with van der Waals surface area (Å²) in [6, 6.07) is 4.83. The van der Waals surface area contributed by atoms with Crippen LogP contribution >= 0.6 is 0 Å². The van der Waals surface area contributed by atoms with Gasteiger partial charge in [0, 0.05) is 39.1 Å². The Kier molecular flexibility index (Phi) is 9.65. The van der Waals surface area contributed by atoms with Gasteiger partial charge in [-0.1, -0.05) is 25.5 Å². The van der Waals surface area contributed by atoms with Crippen LogP contribution in [0.3, 0.4) is 0 Å². The number of carbonyl (C=O) groups is 1. The highest BCUT2D eigenvalue weighted by Crippen LogP contribution is 2.38. The minimum absolute atomic E-state index is 0.0378. The van der Waals surface area contributed by atoms with Crippen LogP contribution in [0.15, 0.2) is 40.8 Å². The second-order valence-electron chi connectivity index (χ2n) is 9.73. The zero-order chi connectivity index (χ0) is 24.7. The molecular weight excluding hydrogens is 457 g/mol. The number of halogens is 1. The van der Waals surface area contributed by atoms with Gasteiger partial charge in [-0.05, 0) is 61.3 Å². The molecule has 1 heterocycles. The molecular formula is C25H38FN3O4S. The van der Waals surface area contributed by atoms with Crippen LogP contribution in [0.2, 0.25) is 0 Å². The predicted molar refractivity (Wildman–Crippen MR) is 130 cm³/mol. The molecule has 2 N–H and O–H groups in total. The van der Waals surface area contributed by atoms with Gasteiger partial charge in [0.25, 0.3) is 0 Å². The third-order valence-electron chi connectivity index (χ3n) is 7.00. The SMILES string of the molecule is CC1=C[C@@H](CNS(=O)(=O)c2ccc(F)cc2)[C@H](C(C)C)C[C@H]1CC(=O)NCCN1CCOCC1. The van der Waals surface area contributed by atoms with Gasteiger partial charge in [-0.25, -0.2) is 17.5 Å². The first-order valence-electron chi connectivity index (χ1n) is 12.2. The monoisotopic (exact) mass is 495 g/mol. The van der Waals surface area contributed by atoms with Crippen LogP contribution < -0.4 is 10.0 Å². The summed E-state index contributed by atoms with van der Waals surface area (Å²) in [6.45, 7) is 11.4. The van der Waals surface area contributed by atoms with E-state index in [2.05, 4.69) is 34.9 Å². The maximum absolute atomic E-state index is 13.2. The third-order valence-corrected chi connectivity index (χ3v) is 8.44. The fraction of sp³-hybridized carbons (Fsp3) is 0.640. The largest absolute Gasteiger partial charge is 0.379 e. The molecule has 1 aromatic rings. The minimum Gasteiger partial charge on any atom is -0.379 e. The molecule has 34 heavy (non-hydrogen) atoms. The lowest BCUT2D eigenvalue weighted by Crippen LogP contribution is -2.42. The van der Waals surface area contributed by atoms with Gasteiger partial charge in [0.15, 0.2) is 0 Å². The lowest BCUT2D eigenvalue weighted by Gasteiger charge is -2.37. The summed E-state index contributed by atoms with van der Waals surface area (Å²) in [5.74, 6) is 0.378. The number of nitrogens with zero attached hydrogens (tertiary/aromatic N) is 1. The first-order valence-corrected chi connectivity index (χ1v) is 13.6. The molecule has 3 rings (SSSR count). The second-order valence-corrected chi connectivity index (χ2v) is 11.5. The summed E-state index contributed by atoms with van der Waals surface area (Å²) in [5.41, 5.74) is 1.13. The van der Waals surface area contributed by atoms with E-state index in [1.54, 1.807) is 0 Å². The van der Waals surface area contributed by atoms with Crippen LogP contribution in [0.25, 0.3) is 0 Å². The summed E-state index contributed by atoms with van der Waals surface area (Å²) >= 11 is 0. The number of hydrogen-bond donors (Lipinski definition) is 2. The van der Waals surface area contributed by atoms with Crippen molar-refractivity contribution in [2.24, 2.45) is 23.7 Å². The van der Waals surface area contributed by atoms with E-state index in [0.29, 0.717) is 18.9 Å². The van der Waals surface area contributed by atoms with Crippen molar-refractivity contribution in [2.75, 3.05) is 45.9 Å². The molecule has 7 nitrogen and oxygen atoms in total. The average molecular weight is 496 g/mol. The Morgan fingerprint density at radius 3 is 2.53 bits per heavy atom. The third kappa shape index (κ3) is 7.60. The first kappa shape index (κ1) is 26.8. The fourth-order valence-corrected chi connectivity index (χ4v) is 5.96. The Morgan fingerprint density at radius 2 is 1.88 bits per heavy atom. The van der Waals surface area contributed by atoms with E-state index in [-0.39, 0.29) is 35.1 Å². The van der Waals surface area contributed by atoms with Gasteiger partial charge < -0.3 is 10.1 Å². The zero-order valence-corrected chi connectivity index (χ0v) is 21.2. The van der Waals surface area contributed by atoms with Gasteiger partial charge in [-0.3, -0.25) is 9.69 Å². The van der Waals surface area contributed by atoms with Crippen LogP contribution in [0, 0.1) is 29.5 Å². The van der Waals surface area contributed by atoms with Gasteiger partial charge in [-0.15, -0.1) is 0 Å². The van der Waals surface area contributed by atoms with E-state index >= 15 is 0 Å². The summed E-state index contributed by atoms with van der Waals surface area (Å²) in [5, 5.41) is 3.05. The Bertz CT molecular complexity index is 943. The van der Waals surface area contributed by atoms with Crippen molar-refractivity contribution >= 4 is 15.9 Å². The predicted octanol–water partition coefficient (Wildman–Crippen LogP) is 2.80. The number of amides is 1. The fourth-order valence-electron chi connectivity index (χ4n) is 4.88. The van der Waals surface area contributed by atoms with Crippen molar-refractivity contribution in [3.63, 3.8) is 0 Å². The van der Waals surface area contributed by atoms with Crippen molar-refractivity contribution in [1.29, 1.82) is 0 Å². The molecule has 0 unspecified atom stereocenters. The number of morpholine rings is 1. The molecule has 1 aliphatic carbocycles. The molecule has 1 fully saturated rings. The molecule has 1 aromatic carbocycles. The van der Waals surface area contributed by atoms with Gasteiger partial charge in [0.05, 0.1) is 18.1 Å². The van der Waals surface area contributed by atoms with E-state index in [4.69, 9.17) is 4.74 Å². The number of allylic oxidation sites excluding steroid dienone is 1. The maximum Gasteiger partial charge on any atom is 0.240 e. The molecule has 2 aliphatic rings. The van der Waals surface area contributed by atoms with Gasteiger partial charge in [-0.2, -0.15) is 0 Å². The highest BCUT2D eigenvalue weighted by Gasteiger charge is 2.33. The van der Waals surface area contributed by atoms with Gasteiger partial charge in [0.1, 0.15) is 5.82 Å². The summed E-state index contributed by atoms with van der Waals surface area (Å²) < 4.78 is 46.5. The van der Waals surface area contributed by atoms with Crippen molar-refractivity contribution < 1.29 is 22.3 Å². The van der Waals surface area contributed by atoms with Crippen LogP contribution in [-0.4, -0.2) is 65.2 Å². The highest BCUT2D eigenvalue weighted by molar-refractivity contribution is 7.89. The molecule has 9 heteroatoms. The van der Waals surface area contributed by atoms with E-state index < -0.39 is 15.8 Å². The molecule has 0 spiro atoms. The molecule has 0 aromatic heterocycles. The number of sulfonamides is 1. The van der Waals surface area contributed by atoms with Crippen LogP contribution in [0.4, 0.5) is 4.39 Å². The van der Waals surface area contributed by atoms with E-state index in [0.717, 1.165) is 57.0 Å². The zero-order valence-electron chi connectivity index (χ0n) is 20.4. The lowest BCUT2D eigenvalue weighted by atomic mass is 9.70. The van der Waals surface area contributed by atoms with Crippen molar-refractivity contribution in [3.8, 4) is 0 Å². The summed E-state index contributed by atoms with van der Waals surface area (Å²) in [4.78, 5) is 14.9. The number of benzene rings is 1. The van der Waals surface area contributed by atoms with E-state index in [1.165, 1.54) is 12.1 Å². The van der Waals surface area contributed by atoms with Crippen molar-refractivity contribution in [3.05, 3.63) is 41.7 Å². The standard InChI is InChI=1S/C25H38FN3O4S/c1-18(2)24-15-20(16-25(30)27-8-9-29-10-12-33-13-11-29)19(3)14-21(24)17-28-34(31,32)23-6-4-22(26)5-7-23/h4-7,14,18,20-21,24,28H,8-13,15-17H2,1-3H3,(H,27,30)/t20-,21-,24-/m0/s1. The maximum atomic E-state index is 13.2. The quantitative estimate of drug-likeness (QED) is 0.488. The Hall–Kier alpha value is -1.81. The lowest BCUT2D eigenvalue weighted by molar-refractivity contribution is -0.122. The number of nitrogens with one attached hydrogen (secondary N) is 2. The van der Waals surface area contributed by atoms with Crippen LogP contribution in [-0.2, 0) is 19.6 Å².